The molecule has 0 aliphatic rings. The predicted octanol–water partition coefficient (Wildman–Crippen LogP) is 2.07. The van der Waals surface area contributed by atoms with Crippen molar-refractivity contribution in [2.45, 2.75) is 20.0 Å². The number of H-pyrrole nitrogens is 1. The van der Waals surface area contributed by atoms with E-state index in [-0.39, 0.29) is 18.0 Å². The molecule has 1 heterocycles. The molecule has 0 fully saturated rings. The van der Waals surface area contributed by atoms with Crippen molar-refractivity contribution in [1.82, 2.24) is 15.1 Å². The number of nitrogens with zero attached hydrogens (tertiary/aromatic N) is 2. The zero-order chi connectivity index (χ0) is 13.1. The van der Waals surface area contributed by atoms with Crippen LogP contribution in [0.25, 0.3) is 0 Å². The molecule has 0 saturated carbocycles. The van der Waals surface area contributed by atoms with E-state index >= 15 is 0 Å². The molecule has 1 N–H and O–H groups in total. The van der Waals surface area contributed by atoms with Gasteiger partial charge in [0.05, 0.1) is 11.8 Å². The first-order valence-corrected chi connectivity index (χ1v) is 5.14. The smallest absolute Gasteiger partial charge is 0.329 e. The second kappa shape index (κ2) is 5.20. The Bertz CT molecular complexity index is 359. The van der Waals surface area contributed by atoms with E-state index in [1.54, 1.807) is 13.8 Å². The molecule has 0 bridgehead atoms. The van der Waals surface area contributed by atoms with E-state index in [1.807, 2.05) is 0 Å². The molecule has 1 amide bonds. The van der Waals surface area contributed by atoms with Gasteiger partial charge in [0.15, 0.2) is 0 Å². The van der Waals surface area contributed by atoms with E-state index < -0.39 is 18.6 Å². The fraction of sp³-hybridized carbons (Fsp3) is 0.600. The summed E-state index contributed by atoms with van der Waals surface area (Å²) in [7, 11) is 0. The molecular weight excluding hydrogens is 235 g/mol. The van der Waals surface area contributed by atoms with Crippen LogP contribution in [0.5, 0.6) is 0 Å². The van der Waals surface area contributed by atoms with Crippen LogP contribution in [0.4, 0.5) is 13.2 Å². The van der Waals surface area contributed by atoms with Gasteiger partial charge in [0.1, 0.15) is 6.54 Å². The summed E-state index contributed by atoms with van der Waals surface area (Å²) in [5.74, 6) is -0.696. The lowest BCUT2D eigenvalue weighted by molar-refractivity contribution is -0.141. The Morgan fingerprint density at radius 3 is 2.59 bits per heavy atom. The number of hydrogen-bond acceptors (Lipinski definition) is 2. The van der Waals surface area contributed by atoms with Gasteiger partial charge in [0.25, 0.3) is 5.91 Å². The van der Waals surface area contributed by atoms with Gasteiger partial charge in [-0.25, -0.2) is 0 Å². The molecule has 0 atom stereocenters. The lowest BCUT2D eigenvalue weighted by Crippen LogP contribution is -2.41. The van der Waals surface area contributed by atoms with Gasteiger partial charge < -0.3 is 4.90 Å². The van der Waals surface area contributed by atoms with E-state index in [4.69, 9.17) is 0 Å². The normalized spacial score (nSPS) is 11.9. The SMILES string of the molecule is CC(C)CN(CC(F)(F)F)C(=O)c1cn[nH]c1. The average Bonchev–Trinajstić information content (AvgIpc) is 2.65. The van der Waals surface area contributed by atoms with Crippen LogP contribution in [-0.2, 0) is 0 Å². The number of hydrogen-bond donors (Lipinski definition) is 1. The molecule has 7 heteroatoms. The third kappa shape index (κ3) is 4.46. The number of nitrogens with one attached hydrogen (secondary N) is 1. The third-order valence-electron chi connectivity index (χ3n) is 1.99. The van der Waals surface area contributed by atoms with E-state index in [0.29, 0.717) is 0 Å². The Kier molecular flexibility index (Phi) is 4.14. The first-order chi connectivity index (χ1) is 7.79. The van der Waals surface area contributed by atoms with E-state index in [9.17, 15) is 18.0 Å². The van der Waals surface area contributed by atoms with Crippen LogP contribution in [-0.4, -0.2) is 40.3 Å². The van der Waals surface area contributed by atoms with Gasteiger partial charge in [-0.2, -0.15) is 18.3 Å². The molecule has 0 saturated heterocycles. The van der Waals surface area contributed by atoms with Crippen molar-refractivity contribution in [3.8, 4) is 0 Å². The molecule has 0 spiro atoms. The molecule has 0 unspecified atom stereocenters. The Labute approximate surface area is 96.8 Å². The Morgan fingerprint density at radius 2 is 2.18 bits per heavy atom. The molecule has 0 aromatic carbocycles. The summed E-state index contributed by atoms with van der Waals surface area (Å²) in [5.41, 5.74) is 0.134. The lowest BCUT2D eigenvalue weighted by atomic mass is 10.2. The summed E-state index contributed by atoms with van der Waals surface area (Å²) in [4.78, 5) is 12.6. The maximum Gasteiger partial charge on any atom is 0.406 e. The number of alkyl halides is 3. The minimum atomic E-state index is -4.39. The molecule has 1 aromatic heterocycles. The van der Waals surface area contributed by atoms with Gasteiger partial charge >= 0.3 is 6.18 Å². The van der Waals surface area contributed by atoms with Gasteiger partial charge in [0.2, 0.25) is 0 Å². The highest BCUT2D eigenvalue weighted by atomic mass is 19.4. The summed E-state index contributed by atoms with van der Waals surface area (Å²) in [6.45, 7) is 2.33. The molecule has 1 rings (SSSR count). The zero-order valence-corrected chi connectivity index (χ0v) is 9.58. The van der Waals surface area contributed by atoms with Crippen LogP contribution in [0.2, 0.25) is 0 Å². The van der Waals surface area contributed by atoms with Crippen molar-refractivity contribution in [3.05, 3.63) is 18.0 Å². The third-order valence-corrected chi connectivity index (χ3v) is 1.99. The van der Waals surface area contributed by atoms with Crippen molar-refractivity contribution >= 4 is 5.91 Å². The minimum Gasteiger partial charge on any atom is -0.329 e. The molecule has 17 heavy (non-hydrogen) atoms. The first-order valence-electron chi connectivity index (χ1n) is 5.14. The van der Waals surface area contributed by atoms with Crippen LogP contribution < -0.4 is 0 Å². The van der Waals surface area contributed by atoms with Gasteiger partial charge in [-0.3, -0.25) is 9.89 Å². The molecule has 0 aliphatic carbocycles. The van der Waals surface area contributed by atoms with Crippen molar-refractivity contribution < 1.29 is 18.0 Å². The Balaban J connectivity index is 2.79. The first kappa shape index (κ1) is 13.5. The second-order valence-electron chi connectivity index (χ2n) is 4.18. The number of carbonyl (C=O) groups is 1. The summed E-state index contributed by atoms with van der Waals surface area (Å²) in [5, 5.41) is 5.95. The zero-order valence-electron chi connectivity index (χ0n) is 9.58. The molecule has 96 valence electrons. The van der Waals surface area contributed by atoms with E-state index in [2.05, 4.69) is 10.2 Å². The lowest BCUT2D eigenvalue weighted by Gasteiger charge is -2.25. The van der Waals surface area contributed by atoms with E-state index in [1.165, 1.54) is 12.4 Å². The number of amides is 1. The number of aromatic amines is 1. The van der Waals surface area contributed by atoms with Crippen LogP contribution in [0.15, 0.2) is 12.4 Å². The van der Waals surface area contributed by atoms with E-state index in [0.717, 1.165) is 4.90 Å². The largest absolute Gasteiger partial charge is 0.406 e. The van der Waals surface area contributed by atoms with Crippen molar-refractivity contribution in [3.63, 3.8) is 0 Å². The molecule has 1 aromatic rings. The summed E-state index contributed by atoms with van der Waals surface area (Å²) in [6.07, 6.45) is -1.90. The highest BCUT2D eigenvalue weighted by Crippen LogP contribution is 2.18. The van der Waals surface area contributed by atoms with Gasteiger partial charge in [0, 0.05) is 12.7 Å². The maximum atomic E-state index is 12.3. The molecular formula is C10H14F3N3O. The molecule has 0 radical (unpaired) electrons. The van der Waals surface area contributed by atoms with Crippen LogP contribution in [0, 0.1) is 5.92 Å². The highest BCUT2D eigenvalue weighted by molar-refractivity contribution is 5.93. The minimum absolute atomic E-state index is 0.0341. The van der Waals surface area contributed by atoms with Crippen LogP contribution >= 0.6 is 0 Å². The number of rotatable bonds is 4. The van der Waals surface area contributed by atoms with Gasteiger partial charge in [-0.1, -0.05) is 13.8 Å². The summed E-state index contributed by atoms with van der Waals surface area (Å²) < 4.78 is 37.0. The Morgan fingerprint density at radius 1 is 1.53 bits per heavy atom. The quantitative estimate of drug-likeness (QED) is 0.888. The number of aromatic nitrogens is 2. The molecule has 4 nitrogen and oxygen atoms in total. The fourth-order valence-corrected chi connectivity index (χ4v) is 1.43. The fourth-order valence-electron chi connectivity index (χ4n) is 1.43. The Hall–Kier alpha value is -1.53. The second-order valence-corrected chi connectivity index (χ2v) is 4.18. The summed E-state index contributed by atoms with van der Waals surface area (Å²) >= 11 is 0. The molecule has 0 aliphatic heterocycles. The van der Waals surface area contributed by atoms with Gasteiger partial charge in [-0.15, -0.1) is 0 Å². The number of halogens is 3. The predicted molar refractivity (Wildman–Crippen MR) is 55.4 cm³/mol. The average molecular weight is 249 g/mol. The van der Waals surface area contributed by atoms with Crippen molar-refractivity contribution in [2.75, 3.05) is 13.1 Å². The van der Waals surface area contributed by atoms with Crippen LogP contribution in [0.1, 0.15) is 24.2 Å². The monoisotopic (exact) mass is 249 g/mol. The van der Waals surface area contributed by atoms with Crippen molar-refractivity contribution in [1.29, 1.82) is 0 Å². The standard InChI is InChI=1S/C10H14F3N3O/c1-7(2)5-16(6-10(11,12)13)9(17)8-3-14-15-4-8/h3-4,7H,5-6H2,1-2H3,(H,14,15). The maximum absolute atomic E-state index is 12.3. The van der Waals surface area contributed by atoms with Crippen LogP contribution in [0.3, 0.4) is 0 Å². The van der Waals surface area contributed by atoms with Gasteiger partial charge in [-0.05, 0) is 5.92 Å². The highest BCUT2D eigenvalue weighted by Gasteiger charge is 2.33. The summed E-state index contributed by atoms with van der Waals surface area (Å²) in [6, 6.07) is 0. The van der Waals surface area contributed by atoms with Crippen molar-refractivity contribution in [2.24, 2.45) is 5.92 Å². The number of carbonyl (C=O) groups excluding carboxylic acids is 1. The topological polar surface area (TPSA) is 49.0 Å².